The Labute approximate surface area is 194 Å². The Morgan fingerprint density at radius 1 is 1.00 bits per heavy atom. The summed E-state index contributed by atoms with van der Waals surface area (Å²) in [6, 6.07) is 17.2. The van der Waals surface area contributed by atoms with Gasteiger partial charge in [0.05, 0.1) is 0 Å². The summed E-state index contributed by atoms with van der Waals surface area (Å²) >= 11 is 6.00. The van der Waals surface area contributed by atoms with Gasteiger partial charge in [0.25, 0.3) is 0 Å². The average Bonchev–Trinajstić information content (AvgIpc) is 2.79. The van der Waals surface area contributed by atoms with Gasteiger partial charge < -0.3 is 15.5 Å². The minimum atomic E-state index is -0.0247. The van der Waals surface area contributed by atoms with Crippen LogP contribution < -0.4 is 15.5 Å². The van der Waals surface area contributed by atoms with Crippen molar-refractivity contribution < 1.29 is 4.79 Å². The highest BCUT2D eigenvalue weighted by Gasteiger charge is 2.14. The Morgan fingerprint density at radius 3 is 2.50 bits per heavy atom. The molecular formula is C25H28ClN5O. The molecule has 0 aliphatic carbocycles. The van der Waals surface area contributed by atoms with Gasteiger partial charge in [-0.1, -0.05) is 23.7 Å². The Morgan fingerprint density at radius 2 is 1.75 bits per heavy atom. The summed E-state index contributed by atoms with van der Waals surface area (Å²) in [5.74, 6) is 1.54. The molecule has 3 aromatic rings. The lowest BCUT2D eigenvalue weighted by molar-refractivity contribution is -0.116. The van der Waals surface area contributed by atoms with E-state index in [-0.39, 0.29) is 5.91 Å². The molecule has 6 nitrogen and oxygen atoms in total. The predicted octanol–water partition coefficient (Wildman–Crippen LogP) is 5.74. The number of hydrogen-bond donors (Lipinski definition) is 2. The van der Waals surface area contributed by atoms with Crippen LogP contribution in [0, 0.1) is 6.92 Å². The zero-order chi connectivity index (χ0) is 22.3. The Bertz CT molecular complexity index is 1060. The maximum absolute atomic E-state index is 12.3. The van der Waals surface area contributed by atoms with E-state index in [4.69, 9.17) is 16.6 Å². The number of carbonyl (C=O) groups is 1. The van der Waals surface area contributed by atoms with E-state index in [9.17, 15) is 4.79 Å². The zero-order valence-electron chi connectivity index (χ0n) is 18.3. The zero-order valence-corrected chi connectivity index (χ0v) is 19.0. The number of anilines is 4. The van der Waals surface area contributed by atoms with Crippen molar-refractivity contribution in [1.82, 2.24) is 9.97 Å². The maximum atomic E-state index is 12.3. The third kappa shape index (κ3) is 6.20. The molecule has 1 amide bonds. The lowest BCUT2D eigenvalue weighted by atomic mass is 10.1. The van der Waals surface area contributed by atoms with Crippen molar-refractivity contribution in [3.05, 3.63) is 70.9 Å². The summed E-state index contributed by atoms with van der Waals surface area (Å²) in [5, 5.41) is 6.99. The number of rotatable bonds is 7. The molecule has 166 valence electrons. The fraction of sp³-hybridized carbons (Fsp3) is 0.320. The highest BCUT2D eigenvalue weighted by molar-refractivity contribution is 6.30. The summed E-state index contributed by atoms with van der Waals surface area (Å²) in [5.41, 5.74) is 3.66. The van der Waals surface area contributed by atoms with Crippen molar-refractivity contribution >= 4 is 40.6 Å². The van der Waals surface area contributed by atoms with Gasteiger partial charge in [-0.3, -0.25) is 4.79 Å². The molecule has 7 heteroatoms. The molecule has 1 aliphatic heterocycles. The van der Waals surface area contributed by atoms with Gasteiger partial charge in [0.2, 0.25) is 11.9 Å². The minimum Gasteiger partial charge on any atom is -0.341 e. The van der Waals surface area contributed by atoms with E-state index in [0.29, 0.717) is 17.9 Å². The van der Waals surface area contributed by atoms with Gasteiger partial charge in [0, 0.05) is 47.7 Å². The van der Waals surface area contributed by atoms with Crippen molar-refractivity contribution in [2.75, 3.05) is 28.6 Å². The molecular weight excluding hydrogens is 422 g/mol. The van der Waals surface area contributed by atoms with E-state index >= 15 is 0 Å². The van der Waals surface area contributed by atoms with E-state index in [1.54, 1.807) is 0 Å². The monoisotopic (exact) mass is 449 g/mol. The predicted molar refractivity (Wildman–Crippen MR) is 131 cm³/mol. The number of aromatic nitrogens is 2. The summed E-state index contributed by atoms with van der Waals surface area (Å²) in [6.07, 6.45) is 4.70. The Kier molecular flexibility index (Phi) is 7.22. The first-order valence-electron chi connectivity index (χ1n) is 11.1. The standard InChI is InChI=1S/C25H28ClN5O/c1-18-16-23(30-25(27-18)31-14-3-2-4-15-31)28-21-9-11-22(12-10-21)29-24(32)13-8-19-6-5-7-20(26)17-19/h5-7,9-12,16-17H,2-4,8,13-15H2,1H3,(H,29,32)(H,27,28,30). The second kappa shape index (κ2) is 10.5. The van der Waals surface area contributed by atoms with Crippen LogP contribution >= 0.6 is 11.6 Å². The molecule has 0 atom stereocenters. The molecule has 2 N–H and O–H groups in total. The number of hydrogen-bond acceptors (Lipinski definition) is 5. The number of amides is 1. The van der Waals surface area contributed by atoms with Crippen molar-refractivity contribution in [3.8, 4) is 0 Å². The van der Waals surface area contributed by atoms with Gasteiger partial charge in [0.15, 0.2) is 0 Å². The number of carbonyl (C=O) groups excluding carboxylic acids is 1. The number of aryl methyl sites for hydroxylation is 2. The molecule has 2 aromatic carbocycles. The molecule has 4 rings (SSSR count). The molecule has 0 radical (unpaired) electrons. The molecule has 32 heavy (non-hydrogen) atoms. The second-order valence-electron chi connectivity index (χ2n) is 8.12. The summed E-state index contributed by atoms with van der Waals surface area (Å²) in [6.45, 7) is 4.01. The smallest absolute Gasteiger partial charge is 0.227 e. The van der Waals surface area contributed by atoms with E-state index < -0.39 is 0 Å². The SMILES string of the molecule is Cc1cc(Nc2ccc(NC(=O)CCc3cccc(Cl)c3)cc2)nc(N2CCCCC2)n1. The topological polar surface area (TPSA) is 70.2 Å². The van der Waals surface area contributed by atoms with Crippen LogP contribution in [0.25, 0.3) is 0 Å². The molecule has 1 saturated heterocycles. The largest absolute Gasteiger partial charge is 0.341 e. The van der Waals surface area contributed by atoms with E-state index in [2.05, 4.69) is 20.5 Å². The second-order valence-corrected chi connectivity index (χ2v) is 8.56. The molecule has 0 saturated carbocycles. The fourth-order valence-electron chi connectivity index (χ4n) is 3.81. The van der Waals surface area contributed by atoms with Crippen LogP contribution in [0.1, 0.15) is 36.9 Å². The molecule has 0 bridgehead atoms. The third-order valence-corrected chi connectivity index (χ3v) is 5.69. The minimum absolute atomic E-state index is 0.0247. The van der Waals surface area contributed by atoms with Gasteiger partial charge in [-0.15, -0.1) is 0 Å². The van der Waals surface area contributed by atoms with Crippen LogP contribution in [0.3, 0.4) is 0 Å². The van der Waals surface area contributed by atoms with Gasteiger partial charge in [0.1, 0.15) is 5.82 Å². The molecule has 2 heterocycles. The number of halogens is 1. The number of benzene rings is 2. The molecule has 1 aliphatic rings. The Balaban J connectivity index is 1.33. The van der Waals surface area contributed by atoms with Crippen molar-refractivity contribution in [3.63, 3.8) is 0 Å². The maximum Gasteiger partial charge on any atom is 0.227 e. The van der Waals surface area contributed by atoms with Crippen LogP contribution in [-0.2, 0) is 11.2 Å². The highest BCUT2D eigenvalue weighted by atomic mass is 35.5. The van der Waals surface area contributed by atoms with E-state index in [0.717, 1.165) is 47.5 Å². The van der Waals surface area contributed by atoms with E-state index in [1.807, 2.05) is 61.5 Å². The van der Waals surface area contributed by atoms with Crippen LogP contribution in [-0.4, -0.2) is 29.0 Å². The number of nitrogens with zero attached hydrogens (tertiary/aromatic N) is 3. The molecule has 0 unspecified atom stereocenters. The van der Waals surface area contributed by atoms with Crippen molar-refractivity contribution in [2.45, 2.75) is 39.0 Å². The highest BCUT2D eigenvalue weighted by Crippen LogP contribution is 2.22. The normalized spacial score (nSPS) is 13.6. The Hall–Kier alpha value is -3.12. The van der Waals surface area contributed by atoms with Crippen LogP contribution in [0.4, 0.5) is 23.1 Å². The first-order chi connectivity index (χ1) is 15.5. The first-order valence-corrected chi connectivity index (χ1v) is 11.4. The van der Waals surface area contributed by atoms with Crippen LogP contribution in [0.15, 0.2) is 54.6 Å². The average molecular weight is 450 g/mol. The quantitative estimate of drug-likeness (QED) is 0.481. The van der Waals surface area contributed by atoms with Gasteiger partial charge in [-0.25, -0.2) is 4.98 Å². The van der Waals surface area contributed by atoms with Gasteiger partial charge in [-0.05, 0) is 74.6 Å². The fourth-order valence-corrected chi connectivity index (χ4v) is 4.02. The van der Waals surface area contributed by atoms with Gasteiger partial charge >= 0.3 is 0 Å². The molecule has 1 aromatic heterocycles. The number of nitrogens with one attached hydrogen (secondary N) is 2. The summed E-state index contributed by atoms with van der Waals surface area (Å²) in [7, 11) is 0. The first kappa shape index (κ1) is 22.1. The van der Waals surface area contributed by atoms with Crippen LogP contribution in [0.5, 0.6) is 0 Å². The van der Waals surface area contributed by atoms with Crippen molar-refractivity contribution in [2.24, 2.45) is 0 Å². The molecule has 0 spiro atoms. The lowest BCUT2D eigenvalue weighted by Crippen LogP contribution is -2.31. The van der Waals surface area contributed by atoms with E-state index in [1.165, 1.54) is 19.3 Å². The summed E-state index contributed by atoms with van der Waals surface area (Å²) in [4.78, 5) is 23.9. The lowest BCUT2D eigenvalue weighted by Gasteiger charge is -2.27. The third-order valence-electron chi connectivity index (χ3n) is 5.45. The summed E-state index contributed by atoms with van der Waals surface area (Å²) < 4.78 is 0. The van der Waals surface area contributed by atoms with Crippen LogP contribution in [0.2, 0.25) is 5.02 Å². The van der Waals surface area contributed by atoms with Gasteiger partial charge in [-0.2, -0.15) is 4.98 Å². The van der Waals surface area contributed by atoms with Crippen molar-refractivity contribution in [1.29, 1.82) is 0 Å². The number of piperidine rings is 1. The molecule has 1 fully saturated rings.